The number of nitrogens with two attached hydrogens (primary N) is 1. The maximum Gasteiger partial charge on any atom is 0.247 e. The quantitative estimate of drug-likeness (QED) is 0.717. The Bertz CT molecular complexity index is 438. The number of nitrogens with one attached hydrogen (secondary N) is 1. The molecule has 0 spiro atoms. The van der Waals surface area contributed by atoms with Crippen molar-refractivity contribution in [3.05, 3.63) is 35.4 Å². The molecule has 1 aromatic carbocycles. The van der Waals surface area contributed by atoms with Gasteiger partial charge in [0.25, 0.3) is 0 Å². The zero-order valence-electron chi connectivity index (χ0n) is 8.70. The second kappa shape index (κ2) is 5.90. The van der Waals surface area contributed by atoms with Crippen molar-refractivity contribution in [2.75, 3.05) is 6.61 Å². The Morgan fingerprint density at radius 1 is 1.29 bits per heavy atom. The van der Waals surface area contributed by atoms with E-state index in [0.717, 1.165) is 12.1 Å². The Kier molecular flexibility index (Phi) is 4.53. The minimum Gasteiger partial charge on any atom is -0.368 e. The first-order valence-corrected chi connectivity index (χ1v) is 4.62. The van der Waals surface area contributed by atoms with E-state index < -0.39 is 30.1 Å². The molecule has 0 aliphatic carbocycles. The predicted molar refractivity (Wildman–Crippen MR) is 53.4 cm³/mol. The second-order valence-corrected chi connectivity index (χ2v) is 3.21. The van der Waals surface area contributed by atoms with E-state index in [9.17, 15) is 18.4 Å². The summed E-state index contributed by atoms with van der Waals surface area (Å²) in [5.41, 5.74) is 6.98. The molecular formula is C10H10F2N2O3. The lowest BCUT2D eigenvalue weighted by Crippen LogP contribution is -2.30. The van der Waals surface area contributed by atoms with Crippen molar-refractivity contribution in [1.29, 1.82) is 0 Å². The van der Waals surface area contributed by atoms with Crippen LogP contribution in [0.2, 0.25) is 0 Å². The fraction of sp³-hybridized carbons (Fsp3) is 0.200. The topological polar surface area (TPSA) is 81.4 Å². The molecule has 0 aliphatic rings. The highest BCUT2D eigenvalue weighted by molar-refractivity contribution is 5.78. The number of rotatable bonds is 5. The summed E-state index contributed by atoms with van der Waals surface area (Å²) in [7, 11) is 0. The van der Waals surface area contributed by atoms with Gasteiger partial charge in [-0.1, -0.05) is 6.07 Å². The van der Waals surface area contributed by atoms with Crippen LogP contribution in [-0.2, 0) is 20.8 Å². The number of hydrogen-bond acceptors (Lipinski definition) is 3. The van der Waals surface area contributed by atoms with Gasteiger partial charge in [0.1, 0.15) is 0 Å². The summed E-state index contributed by atoms with van der Waals surface area (Å²) in [6.07, 6.45) is -0.198. The van der Waals surface area contributed by atoms with Gasteiger partial charge in [0, 0.05) is 0 Å². The van der Waals surface area contributed by atoms with Crippen LogP contribution in [0.15, 0.2) is 18.2 Å². The van der Waals surface area contributed by atoms with Crippen LogP contribution in [0.5, 0.6) is 0 Å². The highest BCUT2D eigenvalue weighted by Crippen LogP contribution is 2.08. The molecule has 0 bridgehead atoms. The number of carbonyl (C=O) groups is 2. The van der Waals surface area contributed by atoms with Crippen LogP contribution in [0.25, 0.3) is 0 Å². The molecule has 0 radical (unpaired) electrons. The largest absolute Gasteiger partial charge is 0.368 e. The SMILES string of the molecule is NC(=O)CONC(=O)Cc1ccc(F)c(F)c1. The molecule has 2 amide bonds. The van der Waals surface area contributed by atoms with Crippen LogP contribution >= 0.6 is 0 Å². The molecule has 1 aromatic rings. The van der Waals surface area contributed by atoms with E-state index in [0.29, 0.717) is 0 Å². The Morgan fingerprint density at radius 3 is 2.59 bits per heavy atom. The van der Waals surface area contributed by atoms with Crippen molar-refractivity contribution < 1.29 is 23.2 Å². The van der Waals surface area contributed by atoms with Crippen molar-refractivity contribution in [1.82, 2.24) is 5.48 Å². The smallest absolute Gasteiger partial charge is 0.247 e. The highest BCUT2D eigenvalue weighted by Gasteiger charge is 2.07. The Morgan fingerprint density at radius 2 is 2.00 bits per heavy atom. The predicted octanol–water partition coefficient (Wildman–Crippen LogP) is 0.0404. The second-order valence-electron chi connectivity index (χ2n) is 3.21. The molecule has 5 nitrogen and oxygen atoms in total. The molecular weight excluding hydrogens is 234 g/mol. The van der Waals surface area contributed by atoms with Crippen molar-refractivity contribution in [2.24, 2.45) is 5.73 Å². The molecule has 7 heteroatoms. The van der Waals surface area contributed by atoms with Crippen LogP contribution in [-0.4, -0.2) is 18.4 Å². The van der Waals surface area contributed by atoms with E-state index in [1.165, 1.54) is 6.07 Å². The van der Waals surface area contributed by atoms with Crippen molar-refractivity contribution in [3.63, 3.8) is 0 Å². The molecule has 0 unspecified atom stereocenters. The van der Waals surface area contributed by atoms with E-state index in [-0.39, 0.29) is 12.0 Å². The maximum atomic E-state index is 12.8. The van der Waals surface area contributed by atoms with Gasteiger partial charge in [0.15, 0.2) is 18.2 Å². The summed E-state index contributed by atoms with van der Waals surface area (Å²) in [5, 5.41) is 0. The lowest BCUT2D eigenvalue weighted by molar-refractivity contribution is -0.137. The average molecular weight is 244 g/mol. The third-order valence-electron chi connectivity index (χ3n) is 1.75. The zero-order valence-corrected chi connectivity index (χ0v) is 8.70. The number of hydrogen-bond donors (Lipinski definition) is 2. The molecule has 0 aromatic heterocycles. The van der Waals surface area contributed by atoms with Gasteiger partial charge < -0.3 is 5.73 Å². The molecule has 3 N–H and O–H groups in total. The fourth-order valence-electron chi connectivity index (χ4n) is 1.06. The van der Waals surface area contributed by atoms with E-state index >= 15 is 0 Å². The lowest BCUT2D eigenvalue weighted by atomic mass is 10.1. The Balaban J connectivity index is 2.45. The van der Waals surface area contributed by atoms with Crippen LogP contribution in [0, 0.1) is 11.6 Å². The van der Waals surface area contributed by atoms with Gasteiger partial charge >= 0.3 is 0 Å². The summed E-state index contributed by atoms with van der Waals surface area (Å²) < 4.78 is 25.4. The van der Waals surface area contributed by atoms with Gasteiger partial charge in [-0.05, 0) is 17.7 Å². The highest BCUT2D eigenvalue weighted by atomic mass is 19.2. The summed E-state index contributed by atoms with van der Waals surface area (Å²) >= 11 is 0. The van der Waals surface area contributed by atoms with E-state index in [1.54, 1.807) is 0 Å². The van der Waals surface area contributed by atoms with Crippen molar-refractivity contribution >= 4 is 11.8 Å². The van der Waals surface area contributed by atoms with E-state index in [2.05, 4.69) is 4.84 Å². The number of hydroxylamine groups is 1. The first-order valence-electron chi connectivity index (χ1n) is 4.62. The number of carbonyl (C=O) groups excluding carboxylic acids is 2. The number of amides is 2. The minimum atomic E-state index is -1.03. The average Bonchev–Trinajstić information content (AvgIpc) is 2.23. The van der Waals surface area contributed by atoms with Gasteiger partial charge in [-0.3, -0.25) is 14.4 Å². The molecule has 17 heavy (non-hydrogen) atoms. The lowest BCUT2D eigenvalue weighted by Gasteiger charge is -2.04. The van der Waals surface area contributed by atoms with Gasteiger partial charge in [0.05, 0.1) is 6.42 Å². The van der Waals surface area contributed by atoms with Crippen molar-refractivity contribution in [2.45, 2.75) is 6.42 Å². The molecule has 0 atom stereocenters. The molecule has 0 saturated carbocycles. The zero-order chi connectivity index (χ0) is 12.8. The summed E-state index contributed by atoms with van der Waals surface area (Å²) in [5.74, 6) is -3.36. The molecule has 0 saturated heterocycles. The van der Waals surface area contributed by atoms with Gasteiger partial charge in [0.2, 0.25) is 11.8 Å². The third-order valence-corrected chi connectivity index (χ3v) is 1.75. The molecule has 92 valence electrons. The Labute approximate surface area is 95.5 Å². The van der Waals surface area contributed by atoms with Gasteiger partial charge in [-0.2, -0.15) is 0 Å². The van der Waals surface area contributed by atoms with Gasteiger partial charge in [-0.25, -0.2) is 14.3 Å². The molecule has 0 aliphatic heterocycles. The maximum absolute atomic E-state index is 12.8. The molecule has 0 heterocycles. The standard InChI is InChI=1S/C10H10F2N2O3/c11-7-2-1-6(3-8(7)12)4-10(16)14-17-5-9(13)15/h1-3H,4-5H2,(H2,13,15)(H,14,16). The molecule has 0 fully saturated rings. The monoisotopic (exact) mass is 244 g/mol. The molecule has 1 rings (SSSR count). The van der Waals surface area contributed by atoms with Crippen LogP contribution in [0.1, 0.15) is 5.56 Å². The number of halogens is 2. The summed E-state index contributed by atoms with van der Waals surface area (Å²) in [6, 6.07) is 3.09. The van der Waals surface area contributed by atoms with Crippen molar-refractivity contribution in [3.8, 4) is 0 Å². The van der Waals surface area contributed by atoms with E-state index in [4.69, 9.17) is 5.73 Å². The van der Waals surface area contributed by atoms with Gasteiger partial charge in [-0.15, -0.1) is 0 Å². The number of benzene rings is 1. The van der Waals surface area contributed by atoms with Crippen LogP contribution < -0.4 is 11.2 Å². The third kappa shape index (κ3) is 4.56. The summed E-state index contributed by atoms with van der Waals surface area (Å²) in [4.78, 5) is 25.9. The summed E-state index contributed by atoms with van der Waals surface area (Å²) in [6.45, 7) is -0.455. The normalized spacial score (nSPS) is 10.0. The van der Waals surface area contributed by atoms with E-state index in [1.807, 2.05) is 5.48 Å². The minimum absolute atomic E-state index is 0.198. The fourth-order valence-corrected chi connectivity index (χ4v) is 1.06. The van der Waals surface area contributed by atoms with Crippen LogP contribution in [0.4, 0.5) is 8.78 Å². The Hall–Kier alpha value is -2.02. The first-order chi connectivity index (χ1) is 7.99. The first kappa shape index (κ1) is 13.0. The number of primary amides is 1. The van der Waals surface area contributed by atoms with Crippen LogP contribution in [0.3, 0.4) is 0 Å².